The number of fused-ring (bicyclic) bond motifs is 1. The van der Waals surface area contributed by atoms with Crippen molar-refractivity contribution in [3.63, 3.8) is 0 Å². The highest BCUT2D eigenvalue weighted by Crippen LogP contribution is 2.23. The molecule has 2 N–H and O–H groups in total. The van der Waals surface area contributed by atoms with Gasteiger partial charge in [-0.25, -0.2) is 5.01 Å². The number of nitrogens with zero attached hydrogens (tertiary/aromatic N) is 3. The monoisotopic (exact) mass is 519 g/mol. The maximum atomic E-state index is 12.0. The van der Waals surface area contributed by atoms with E-state index >= 15 is 0 Å². The molecule has 1 saturated heterocycles. The molecular weight excluding hydrogens is 486 g/mol. The van der Waals surface area contributed by atoms with E-state index in [9.17, 15) is 14.7 Å². The van der Waals surface area contributed by atoms with Crippen LogP contribution < -0.4 is 0 Å². The molecule has 0 spiro atoms. The SMILES string of the molecule is CC.CN1C(C(O)CO)CC(=O)N1Cc1ccc(Br)cc1.O=CN1CCc2ccccc2C1. The van der Waals surface area contributed by atoms with Gasteiger partial charge >= 0.3 is 0 Å². The number of carbonyl (C=O) groups excluding carboxylic acids is 2. The van der Waals surface area contributed by atoms with Gasteiger partial charge in [0.15, 0.2) is 0 Å². The first-order valence-electron chi connectivity index (χ1n) is 11.3. The van der Waals surface area contributed by atoms with Crippen molar-refractivity contribution in [3.05, 3.63) is 69.7 Å². The van der Waals surface area contributed by atoms with Crippen LogP contribution in [0.1, 0.15) is 37.0 Å². The largest absolute Gasteiger partial charge is 0.394 e. The van der Waals surface area contributed by atoms with Gasteiger partial charge in [0.25, 0.3) is 0 Å². The number of likely N-dealkylation sites (N-methyl/N-ethyl adjacent to an activating group) is 1. The van der Waals surface area contributed by atoms with Crippen molar-refractivity contribution in [1.29, 1.82) is 0 Å². The molecule has 2 aliphatic heterocycles. The zero-order valence-corrected chi connectivity index (χ0v) is 21.1. The van der Waals surface area contributed by atoms with Crippen LogP contribution in [0.15, 0.2) is 53.0 Å². The summed E-state index contributed by atoms with van der Waals surface area (Å²) < 4.78 is 0.992. The van der Waals surface area contributed by atoms with Gasteiger partial charge in [0.05, 0.1) is 25.3 Å². The number of benzene rings is 2. The Morgan fingerprint density at radius 3 is 2.36 bits per heavy atom. The molecule has 33 heavy (non-hydrogen) atoms. The van der Waals surface area contributed by atoms with E-state index < -0.39 is 6.10 Å². The first-order chi connectivity index (χ1) is 15.9. The number of carbonyl (C=O) groups is 2. The zero-order valence-electron chi connectivity index (χ0n) is 19.5. The minimum Gasteiger partial charge on any atom is -0.394 e. The van der Waals surface area contributed by atoms with E-state index in [1.807, 2.05) is 49.1 Å². The highest BCUT2D eigenvalue weighted by atomic mass is 79.9. The molecule has 0 saturated carbocycles. The fourth-order valence-corrected chi connectivity index (χ4v) is 4.11. The van der Waals surface area contributed by atoms with E-state index in [1.54, 1.807) is 17.1 Å². The first kappa shape index (κ1) is 27.0. The summed E-state index contributed by atoms with van der Waals surface area (Å²) in [4.78, 5) is 24.3. The lowest BCUT2D eigenvalue weighted by Crippen LogP contribution is -2.44. The molecule has 8 heteroatoms. The Hall–Kier alpha value is -2.26. The highest BCUT2D eigenvalue weighted by Gasteiger charge is 2.38. The van der Waals surface area contributed by atoms with Crippen molar-refractivity contribution < 1.29 is 19.8 Å². The smallest absolute Gasteiger partial charge is 0.238 e. The lowest BCUT2D eigenvalue weighted by Gasteiger charge is -2.30. The summed E-state index contributed by atoms with van der Waals surface area (Å²) in [5.41, 5.74) is 3.69. The first-order valence-corrected chi connectivity index (χ1v) is 12.0. The van der Waals surface area contributed by atoms with Gasteiger partial charge in [-0.05, 0) is 35.2 Å². The Balaban J connectivity index is 0.000000236. The van der Waals surface area contributed by atoms with Crippen molar-refractivity contribution in [2.24, 2.45) is 0 Å². The van der Waals surface area contributed by atoms with Crippen LogP contribution in [0, 0.1) is 0 Å². The molecule has 2 heterocycles. The second-order valence-corrected chi connectivity index (χ2v) is 8.68. The van der Waals surface area contributed by atoms with Crippen molar-refractivity contribution in [2.45, 2.75) is 51.9 Å². The van der Waals surface area contributed by atoms with Gasteiger partial charge in [-0.15, -0.1) is 0 Å². The molecule has 0 radical (unpaired) electrons. The summed E-state index contributed by atoms with van der Waals surface area (Å²) in [7, 11) is 1.76. The maximum Gasteiger partial charge on any atom is 0.238 e. The van der Waals surface area contributed by atoms with Crippen LogP contribution in [0.5, 0.6) is 0 Å². The average molecular weight is 520 g/mol. The Labute approximate surface area is 204 Å². The number of hydrogen-bond acceptors (Lipinski definition) is 5. The Kier molecular flexibility index (Phi) is 11.0. The van der Waals surface area contributed by atoms with Crippen LogP contribution in [-0.4, -0.2) is 69.8 Å². The van der Waals surface area contributed by atoms with E-state index in [0.717, 1.165) is 36.0 Å². The molecule has 7 nitrogen and oxygen atoms in total. The third kappa shape index (κ3) is 7.37. The summed E-state index contributed by atoms with van der Waals surface area (Å²) in [6.07, 6.45) is 1.25. The lowest BCUT2D eigenvalue weighted by atomic mass is 10.0. The second kappa shape index (κ2) is 13.4. The highest BCUT2D eigenvalue weighted by molar-refractivity contribution is 9.10. The van der Waals surface area contributed by atoms with Gasteiger partial charge in [-0.3, -0.25) is 14.6 Å². The zero-order chi connectivity index (χ0) is 24.4. The molecule has 0 aliphatic carbocycles. The van der Waals surface area contributed by atoms with Gasteiger partial charge in [0.1, 0.15) is 0 Å². The molecule has 1 fully saturated rings. The lowest BCUT2D eigenvalue weighted by molar-refractivity contribution is -0.139. The molecule has 0 bridgehead atoms. The molecule has 180 valence electrons. The Morgan fingerprint density at radius 1 is 1.12 bits per heavy atom. The van der Waals surface area contributed by atoms with Gasteiger partial charge < -0.3 is 15.1 Å². The van der Waals surface area contributed by atoms with Gasteiger partial charge in [0.2, 0.25) is 12.3 Å². The molecule has 4 rings (SSSR count). The predicted molar refractivity (Wildman–Crippen MR) is 132 cm³/mol. The third-order valence-corrected chi connectivity index (χ3v) is 6.25. The van der Waals surface area contributed by atoms with Crippen LogP contribution >= 0.6 is 15.9 Å². The molecule has 0 aromatic heterocycles. The molecule has 2 amide bonds. The van der Waals surface area contributed by atoms with Crippen molar-refractivity contribution in [2.75, 3.05) is 20.2 Å². The van der Waals surface area contributed by atoms with E-state index in [2.05, 4.69) is 34.1 Å². The van der Waals surface area contributed by atoms with Crippen LogP contribution in [0.2, 0.25) is 0 Å². The number of halogens is 1. The molecule has 2 unspecified atom stereocenters. The van der Waals surface area contributed by atoms with Crippen LogP contribution in [0.25, 0.3) is 0 Å². The number of rotatable bonds is 5. The number of hydrogen-bond donors (Lipinski definition) is 2. The molecule has 2 atom stereocenters. The Bertz CT molecular complexity index is 893. The van der Waals surface area contributed by atoms with Gasteiger partial charge in [0, 0.05) is 31.0 Å². The van der Waals surface area contributed by atoms with E-state index in [0.29, 0.717) is 6.54 Å². The number of aliphatic hydroxyl groups excluding tert-OH is 2. The predicted octanol–water partition coefficient (Wildman–Crippen LogP) is 2.98. The van der Waals surface area contributed by atoms with E-state index in [1.165, 1.54) is 11.1 Å². The van der Waals surface area contributed by atoms with Crippen molar-refractivity contribution in [3.8, 4) is 0 Å². The standard InChI is InChI=1S/C13H17BrN2O3.C10H11NO.C2H6/c1-15-11(12(18)8-17)6-13(19)16(15)7-9-2-4-10(14)5-3-9;12-8-11-6-5-9-3-1-2-4-10(9)7-11;1-2/h2-5,11-12,17-18H,6-8H2,1H3;1-4,8H,5-7H2;1-2H3. The molecule has 2 aromatic rings. The van der Waals surface area contributed by atoms with Crippen LogP contribution in [0.4, 0.5) is 0 Å². The molecule has 2 aliphatic rings. The summed E-state index contributed by atoms with van der Waals surface area (Å²) in [5.74, 6) is -0.0390. The molecular formula is C25H34BrN3O4. The summed E-state index contributed by atoms with van der Waals surface area (Å²) in [5, 5.41) is 22.0. The van der Waals surface area contributed by atoms with E-state index in [4.69, 9.17) is 5.11 Å². The van der Waals surface area contributed by atoms with E-state index in [-0.39, 0.29) is 25.0 Å². The minimum atomic E-state index is -0.899. The van der Waals surface area contributed by atoms with Gasteiger partial charge in [-0.1, -0.05) is 66.2 Å². The average Bonchev–Trinajstić information content (AvgIpc) is 3.14. The maximum absolute atomic E-state index is 12.0. The summed E-state index contributed by atoms with van der Waals surface area (Å²) >= 11 is 3.37. The summed E-state index contributed by atoms with van der Waals surface area (Å²) in [6.45, 7) is 5.77. The van der Waals surface area contributed by atoms with Crippen molar-refractivity contribution in [1.82, 2.24) is 14.9 Å². The second-order valence-electron chi connectivity index (χ2n) is 7.77. The van der Waals surface area contributed by atoms with Crippen LogP contribution in [0.3, 0.4) is 0 Å². The van der Waals surface area contributed by atoms with Gasteiger partial charge in [-0.2, -0.15) is 0 Å². The fraction of sp³-hybridized carbons (Fsp3) is 0.440. The summed E-state index contributed by atoms with van der Waals surface area (Å²) in [6, 6.07) is 15.7. The minimum absolute atomic E-state index is 0.0390. The normalized spacial score (nSPS) is 18.5. The number of aliphatic hydroxyl groups is 2. The van der Waals surface area contributed by atoms with Crippen molar-refractivity contribution >= 4 is 28.2 Å². The third-order valence-electron chi connectivity index (χ3n) is 5.72. The Morgan fingerprint density at radius 2 is 1.76 bits per heavy atom. The number of amides is 2. The number of hydrazine groups is 1. The van der Waals surface area contributed by atoms with Crippen LogP contribution in [-0.2, 0) is 29.1 Å². The fourth-order valence-electron chi connectivity index (χ4n) is 3.85. The topological polar surface area (TPSA) is 84.3 Å². The quantitative estimate of drug-likeness (QED) is 0.593. The molecule has 2 aromatic carbocycles.